The van der Waals surface area contributed by atoms with Crippen molar-refractivity contribution in [2.24, 2.45) is 5.92 Å². The van der Waals surface area contributed by atoms with Crippen LogP contribution in [0.2, 0.25) is 0 Å². The van der Waals surface area contributed by atoms with Crippen LogP contribution in [-0.4, -0.2) is 29.1 Å². The van der Waals surface area contributed by atoms with Gasteiger partial charge in [0.2, 0.25) is 0 Å². The molecule has 19 heavy (non-hydrogen) atoms. The van der Waals surface area contributed by atoms with Crippen molar-refractivity contribution in [3.05, 3.63) is 35.9 Å². The van der Waals surface area contributed by atoms with Crippen LogP contribution in [0.5, 0.6) is 0 Å². The maximum atomic E-state index is 12.2. The molecular formula is C12H14F3NO3. The molecule has 0 bridgehead atoms. The lowest BCUT2D eigenvalue weighted by atomic mass is 10.2. The maximum absolute atomic E-state index is 12.2. The molecule has 0 aromatic heterocycles. The number of hydroxylamine groups is 2. The molecule has 0 heterocycles. The summed E-state index contributed by atoms with van der Waals surface area (Å²) in [6.45, 7) is -0.109. The molecular weight excluding hydrogens is 263 g/mol. The molecule has 1 aromatic rings. The predicted octanol–water partition coefficient (Wildman–Crippen LogP) is 3.21. The molecule has 0 aliphatic carbocycles. The predicted molar refractivity (Wildman–Crippen MR) is 60.3 cm³/mol. The molecule has 106 valence electrons. The summed E-state index contributed by atoms with van der Waals surface area (Å²) in [7, 11) is 0. The lowest BCUT2D eigenvalue weighted by Crippen LogP contribution is -2.37. The van der Waals surface area contributed by atoms with Crippen molar-refractivity contribution in [3.63, 3.8) is 0 Å². The first-order valence-electron chi connectivity index (χ1n) is 5.54. The largest absolute Gasteiger partial charge is 0.443 e. The highest BCUT2D eigenvalue weighted by atomic mass is 19.4. The van der Waals surface area contributed by atoms with Crippen LogP contribution in [0.15, 0.2) is 30.3 Å². The van der Waals surface area contributed by atoms with Gasteiger partial charge in [-0.1, -0.05) is 37.3 Å². The number of alkyl halides is 3. The van der Waals surface area contributed by atoms with Gasteiger partial charge in [-0.25, -0.2) is 4.79 Å². The Balaban J connectivity index is 2.41. The van der Waals surface area contributed by atoms with Gasteiger partial charge in [0.15, 0.2) is 0 Å². The second-order valence-electron chi connectivity index (χ2n) is 4.06. The Morgan fingerprint density at radius 2 is 1.95 bits per heavy atom. The normalized spacial score (nSPS) is 12.9. The Bertz CT molecular complexity index is 408. The number of amides is 1. The summed E-state index contributed by atoms with van der Waals surface area (Å²) in [6.07, 6.45) is -5.68. The number of hydrogen-bond donors (Lipinski definition) is 1. The Morgan fingerprint density at radius 1 is 1.37 bits per heavy atom. The summed E-state index contributed by atoms with van der Waals surface area (Å²) in [6, 6.07) is 8.60. The molecule has 1 unspecified atom stereocenters. The lowest BCUT2D eigenvalue weighted by molar-refractivity contribution is -0.191. The third-order valence-electron chi connectivity index (χ3n) is 2.42. The van der Waals surface area contributed by atoms with E-state index in [1.165, 1.54) is 0 Å². The summed E-state index contributed by atoms with van der Waals surface area (Å²) < 4.78 is 41.4. The number of benzene rings is 1. The zero-order chi connectivity index (χ0) is 14.5. The standard InChI is InChI=1S/C12H14F3NO3/c1-9(12(13,14)15)7-16(18)11(17)19-8-10-5-3-2-4-6-10/h2-6,9,18H,7-8H2,1H3. The monoisotopic (exact) mass is 277 g/mol. The van der Waals surface area contributed by atoms with Gasteiger partial charge in [0.25, 0.3) is 0 Å². The van der Waals surface area contributed by atoms with E-state index in [1.54, 1.807) is 30.3 Å². The third kappa shape index (κ3) is 5.17. The first kappa shape index (κ1) is 15.3. The van der Waals surface area contributed by atoms with Gasteiger partial charge in [0.1, 0.15) is 6.61 Å². The van der Waals surface area contributed by atoms with E-state index < -0.39 is 24.7 Å². The molecule has 0 saturated heterocycles. The summed E-state index contributed by atoms with van der Waals surface area (Å²) in [5.74, 6) is -1.83. The zero-order valence-corrected chi connectivity index (χ0v) is 10.2. The quantitative estimate of drug-likeness (QED) is 0.679. The van der Waals surface area contributed by atoms with Crippen molar-refractivity contribution in [1.82, 2.24) is 5.06 Å². The minimum absolute atomic E-state index is 0.0684. The van der Waals surface area contributed by atoms with Gasteiger partial charge in [-0.3, -0.25) is 5.21 Å². The fourth-order valence-corrected chi connectivity index (χ4v) is 1.23. The van der Waals surface area contributed by atoms with E-state index in [-0.39, 0.29) is 11.7 Å². The Morgan fingerprint density at radius 3 is 2.47 bits per heavy atom. The fourth-order valence-electron chi connectivity index (χ4n) is 1.23. The number of nitrogens with zero attached hydrogens (tertiary/aromatic N) is 1. The van der Waals surface area contributed by atoms with Gasteiger partial charge in [0.05, 0.1) is 12.5 Å². The molecule has 7 heteroatoms. The highest BCUT2D eigenvalue weighted by Crippen LogP contribution is 2.26. The Hall–Kier alpha value is -1.76. The maximum Gasteiger partial charge on any atom is 0.434 e. The van der Waals surface area contributed by atoms with E-state index in [4.69, 9.17) is 0 Å². The van der Waals surface area contributed by atoms with Crippen molar-refractivity contribution < 1.29 is 27.9 Å². The van der Waals surface area contributed by atoms with Crippen molar-refractivity contribution >= 4 is 6.09 Å². The van der Waals surface area contributed by atoms with Crippen molar-refractivity contribution in [3.8, 4) is 0 Å². The third-order valence-corrected chi connectivity index (χ3v) is 2.42. The average Bonchev–Trinajstić information content (AvgIpc) is 2.35. The van der Waals surface area contributed by atoms with Gasteiger partial charge in [-0.2, -0.15) is 18.2 Å². The molecule has 0 aliphatic heterocycles. The minimum Gasteiger partial charge on any atom is -0.443 e. The van der Waals surface area contributed by atoms with E-state index in [2.05, 4.69) is 4.74 Å². The number of rotatable bonds is 4. The van der Waals surface area contributed by atoms with Crippen LogP contribution < -0.4 is 0 Å². The summed E-state index contributed by atoms with van der Waals surface area (Å²) >= 11 is 0. The number of halogens is 3. The molecule has 0 fully saturated rings. The van der Waals surface area contributed by atoms with Gasteiger partial charge >= 0.3 is 12.3 Å². The van der Waals surface area contributed by atoms with Crippen LogP contribution in [0.3, 0.4) is 0 Å². The highest BCUT2D eigenvalue weighted by molar-refractivity contribution is 5.66. The van der Waals surface area contributed by atoms with Crippen LogP contribution in [-0.2, 0) is 11.3 Å². The van der Waals surface area contributed by atoms with Crippen molar-refractivity contribution in [2.75, 3.05) is 6.54 Å². The van der Waals surface area contributed by atoms with Crippen LogP contribution in [0.1, 0.15) is 12.5 Å². The smallest absolute Gasteiger partial charge is 0.434 e. The number of carbonyl (C=O) groups excluding carboxylic acids is 1. The SMILES string of the molecule is CC(CN(O)C(=O)OCc1ccccc1)C(F)(F)F. The molecule has 1 atom stereocenters. The van der Waals surface area contributed by atoms with Crippen LogP contribution in [0, 0.1) is 5.92 Å². The van der Waals surface area contributed by atoms with Gasteiger partial charge in [0, 0.05) is 0 Å². The highest BCUT2D eigenvalue weighted by Gasteiger charge is 2.38. The van der Waals surface area contributed by atoms with E-state index in [9.17, 15) is 23.2 Å². The second kappa shape index (κ2) is 6.42. The number of hydrogen-bond acceptors (Lipinski definition) is 3. The minimum atomic E-state index is -4.47. The zero-order valence-electron chi connectivity index (χ0n) is 10.2. The van der Waals surface area contributed by atoms with Gasteiger partial charge in [-0.05, 0) is 5.56 Å². The van der Waals surface area contributed by atoms with Crippen LogP contribution >= 0.6 is 0 Å². The summed E-state index contributed by atoms with van der Waals surface area (Å²) in [5.41, 5.74) is 0.674. The number of carbonyl (C=O) groups is 1. The van der Waals surface area contributed by atoms with Crippen LogP contribution in [0.4, 0.5) is 18.0 Å². The molecule has 1 N–H and O–H groups in total. The molecule has 0 spiro atoms. The topological polar surface area (TPSA) is 49.8 Å². The summed E-state index contributed by atoms with van der Waals surface area (Å²) in [4.78, 5) is 11.3. The molecule has 0 radical (unpaired) electrons. The Labute approximate surface area is 108 Å². The van der Waals surface area contributed by atoms with Crippen molar-refractivity contribution in [2.45, 2.75) is 19.7 Å². The molecule has 4 nitrogen and oxygen atoms in total. The van der Waals surface area contributed by atoms with Gasteiger partial charge in [-0.15, -0.1) is 0 Å². The molecule has 1 amide bonds. The second-order valence-corrected chi connectivity index (χ2v) is 4.06. The molecule has 1 rings (SSSR count). The lowest BCUT2D eigenvalue weighted by Gasteiger charge is -2.21. The van der Waals surface area contributed by atoms with E-state index in [0.29, 0.717) is 5.56 Å². The van der Waals surface area contributed by atoms with E-state index >= 15 is 0 Å². The first-order chi connectivity index (χ1) is 8.80. The number of ether oxygens (including phenoxy) is 1. The summed E-state index contributed by atoms with van der Waals surface area (Å²) in [5, 5.41) is 9.12. The molecule has 0 saturated carbocycles. The molecule has 0 aliphatic rings. The Kier molecular flexibility index (Phi) is 5.17. The van der Waals surface area contributed by atoms with Crippen LogP contribution in [0.25, 0.3) is 0 Å². The van der Waals surface area contributed by atoms with E-state index in [0.717, 1.165) is 6.92 Å². The average molecular weight is 277 g/mol. The van der Waals surface area contributed by atoms with Gasteiger partial charge < -0.3 is 4.74 Å². The first-order valence-corrected chi connectivity index (χ1v) is 5.54. The van der Waals surface area contributed by atoms with Crippen molar-refractivity contribution in [1.29, 1.82) is 0 Å². The molecule has 1 aromatic carbocycles. The van der Waals surface area contributed by atoms with E-state index in [1.807, 2.05) is 0 Å². The fraction of sp³-hybridized carbons (Fsp3) is 0.417.